The third-order valence-electron chi connectivity index (χ3n) is 1.33. The number of hydrogen-bond donors (Lipinski definition) is 2. The van der Waals surface area contributed by atoms with Crippen molar-refractivity contribution in [3.05, 3.63) is 0 Å². The Morgan fingerprint density at radius 2 is 0.960 bits per heavy atom. The fourth-order valence-electron chi connectivity index (χ4n) is 0.460. The number of phosphoric acid groups is 2. The molecule has 25 heavy (non-hydrogen) atoms. The van der Waals surface area contributed by atoms with E-state index in [1.54, 1.807) is 0 Å². The molecule has 19 heteroatoms. The van der Waals surface area contributed by atoms with Crippen molar-refractivity contribution in [1.82, 2.24) is 0 Å². The van der Waals surface area contributed by atoms with Crippen LogP contribution in [-0.2, 0) is 27.8 Å². The van der Waals surface area contributed by atoms with Gasteiger partial charge < -0.3 is 67.8 Å². The van der Waals surface area contributed by atoms with Crippen LogP contribution in [0.15, 0.2) is 0 Å². The summed E-state index contributed by atoms with van der Waals surface area (Å²) in [5.74, 6) is -3.81. The number of carboxylic acids is 2. The summed E-state index contributed by atoms with van der Waals surface area (Å²) in [7, 11) is -10.4. The van der Waals surface area contributed by atoms with Gasteiger partial charge in [0.2, 0.25) is 0 Å². The quantitative estimate of drug-likeness (QED) is 0.238. The van der Waals surface area contributed by atoms with Gasteiger partial charge in [0.25, 0.3) is 0 Å². The summed E-state index contributed by atoms with van der Waals surface area (Å²) in [6.07, 6.45) is -4.21. The van der Waals surface area contributed by atoms with E-state index in [4.69, 9.17) is 10.2 Å². The molecule has 14 nitrogen and oxygen atoms in total. The first-order valence-electron chi connectivity index (χ1n) is 4.76. The summed E-state index contributed by atoms with van der Waals surface area (Å²) in [5, 5.41) is 36.0. The molecular weight excluding hydrogens is 478 g/mol. The maximum Gasteiger partial charge on any atom is 2.00 e. The number of carbonyl (C=O) groups is 2. The fraction of sp³-hybridized carbons (Fsp3) is 0.667. The molecule has 0 aliphatic heterocycles. The molecule has 0 aromatic carbocycles. The van der Waals surface area contributed by atoms with Crippen LogP contribution < -0.4 is 29.8 Å². The molecule has 0 saturated heterocycles. The monoisotopic (exact) mass is 486 g/mol. The van der Waals surface area contributed by atoms with Crippen LogP contribution in [0.25, 0.3) is 0 Å². The Hall–Kier alpha value is 2.86. The van der Waals surface area contributed by atoms with Crippen molar-refractivity contribution in [2.24, 2.45) is 0 Å². The zero-order valence-electron chi connectivity index (χ0n) is 12.4. The van der Waals surface area contributed by atoms with Gasteiger partial charge in [-0.2, -0.15) is 0 Å². The average molecular weight is 486 g/mol. The predicted octanol–water partition coefficient (Wildman–Crippen LogP) is -9.26. The second-order valence-electron chi connectivity index (χ2n) is 3.16. The molecule has 2 atom stereocenters. The smallest absolute Gasteiger partial charge is 0.790 e. The number of hydrogen-bond acceptors (Lipinski definition) is 14. The molecule has 2 N–H and O–H groups in total. The molecule has 0 aliphatic carbocycles. The largest absolute Gasteiger partial charge is 2.00 e. The van der Waals surface area contributed by atoms with Crippen molar-refractivity contribution in [2.75, 3.05) is 13.2 Å². The van der Waals surface area contributed by atoms with E-state index in [1.807, 2.05) is 0 Å². The van der Waals surface area contributed by atoms with Crippen LogP contribution in [0.3, 0.4) is 0 Å². The van der Waals surface area contributed by atoms with Gasteiger partial charge in [-0.15, -0.1) is 0 Å². The molecule has 0 aliphatic rings. The molecule has 0 amide bonds. The van der Waals surface area contributed by atoms with Gasteiger partial charge in [0, 0.05) is 0 Å². The van der Waals surface area contributed by atoms with Crippen LogP contribution >= 0.6 is 15.6 Å². The number of rotatable bonds is 8. The number of aliphatic hydroxyl groups excluding tert-OH is 2. The summed E-state index contributed by atoms with van der Waals surface area (Å²) < 4.78 is 26.2. The molecule has 2 unspecified atom stereocenters. The van der Waals surface area contributed by atoms with Gasteiger partial charge in [-0.1, -0.05) is 0 Å². The zero-order chi connectivity index (χ0) is 18.1. The van der Waals surface area contributed by atoms with Crippen molar-refractivity contribution in [2.45, 2.75) is 12.2 Å². The molecule has 0 aromatic heterocycles. The van der Waals surface area contributed by atoms with E-state index >= 15 is 0 Å². The van der Waals surface area contributed by atoms with Gasteiger partial charge in [-0.3, -0.25) is 0 Å². The summed E-state index contributed by atoms with van der Waals surface area (Å²) in [6.45, 7) is -2.24. The maximum atomic E-state index is 9.68. The standard InChI is InChI=1S/2C3H7O7P.3Ca/c2*4-2(3(5)6)1-10-11(7,8)9;;;/h2*2,4H,1H2,(H,5,6)(H2,7,8,9);;;/q;;3*+2/p-6. The van der Waals surface area contributed by atoms with E-state index in [0.29, 0.717) is 0 Å². The van der Waals surface area contributed by atoms with Gasteiger partial charge >= 0.3 is 113 Å². The van der Waals surface area contributed by atoms with Gasteiger partial charge in [0.1, 0.15) is 12.2 Å². The summed E-state index contributed by atoms with van der Waals surface area (Å²) in [4.78, 5) is 58.1. The number of phosphoric ester groups is 2. The van der Waals surface area contributed by atoms with Crippen LogP contribution in [0.5, 0.6) is 0 Å². The minimum absolute atomic E-state index is 0. The second-order valence-corrected chi connectivity index (χ2v) is 5.46. The molecule has 0 fully saturated rings. The van der Waals surface area contributed by atoms with Crippen LogP contribution in [0.1, 0.15) is 0 Å². The molecule has 0 rings (SSSR count). The van der Waals surface area contributed by atoms with Crippen molar-refractivity contribution in [3.63, 3.8) is 0 Å². The van der Waals surface area contributed by atoms with E-state index < -0.39 is 53.0 Å². The zero-order valence-corrected chi connectivity index (χ0v) is 20.8. The first kappa shape index (κ1) is 38.5. The van der Waals surface area contributed by atoms with E-state index in [2.05, 4.69) is 9.05 Å². The minimum atomic E-state index is -5.21. The van der Waals surface area contributed by atoms with Crippen LogP contribution in [0.2, 0.25) is 0 Å². The first-order valence-corrected chi connectivity index (χ1v) is 7.69. The molecule has 0 spiro atoms. The summed E-state index contributed by atoms with van der Waals surface area (Å²) >= 11 is 0. The maximum absolute atomic E-state index is 9.68. The van der Waals surface area contributed by atoms with E-state index in [-0.39, 0.29) is 113 Å². The number of carboxylic acid groups (broad SMARTS) is 2. The topological polar surface area (TPSA) is 266 Å². The first-order chi connectivity index (χ1) is 9.65. The molecule has 0 radical (unpaired) electrons. The summed E-state index contributed by atoms with van der Waals surface area (Å²) in [5.41, 5.74) is 0. The van der Waals surface area contributed by atoms with Crippen molar-refractivity contribution in [1.29, 1.82) is 0 Å². The normalized spacial score (nSPS) is 12.7. The van der Waals surface area contributed by atoms with Crippen molar-refractivity contribution < 1.29 is 67.8 Å². The minimum Gasteiger partial charge on any atom is -0.790 e. The van der Waals surface area contributed by atoms with Crippen LogP contribution in [0.4, 0.5) is 0 Å². The molecule has 0 bridgehead atoms. The third-order valence-corrected chi connectivity index (χ3v) is 2.26. The van der Waals surface area contributed by atoms with Gasteiger partial charge in [0.15, 0.2) is 0 Å². The number of aliphatic carboxylic acids is 2. The van der Waals surface area contributed by atoms with Gasteiger partial charge in [-0.25, -0.2) is 0 Å². The second kappa shape index (κ2) is 18.9. The van der Waals surface area contributed by atoms with E-state index in [9.17, 15) is 48.5 Å². The Morgan fingerprint density at radius 1 is 0.760 bits per heavy atom. The average Bonchev–Trinajstić information content (AvgIpc) is 2.31. The van der Waals surface area contributed by atoms with E-state index in [1.165, 1.54) is 0 Å². The SMILES string of the molecule is O=C([O-])C(O)COP(=O)([O-])[O-].O=C([O-])C(O)COP(=O)([O-])[O-].[Ca+2].[Ca+2].[Ca+2]. The fourth-order valence-corrected chi connectivity index (χ4v) is 1.11. The number of carbonyl (C=O) groups excluding carboxylic acids is 2. The molecule has 132 valence electrons. The Balaban J connectivity index is -0.0000000952. The molecule has 0 heterocycles. The molecule has 0 saturated carbocycles. The summed E-state index contributed by atoms with van der Waals surface area (Å²) in [6, 6.07) is 0. The Morgan fingerprint density at radius 3 is 1.08 bits per heavy atom. The van der Waals surface area contributed by atoms with Crippen LogP contribution in [-0.4, -0.2) is 161 Å². The predicted molar refractivity (Wildman–Crippen MR) is 66.4 cm³/mol. The Bertz CT molecular complexity index is 419. The molecular formula is C6H8Ca3O14P2. The number of aliphatic hydroxyl groups is 2. The Kier molecular flexibility index (Phi) is 29.0. The van der Waals surface area contributed by atoms with Crippen LogP contribution in [0, 0.1) is 0 Å². The van der Waals surface area contributed by atoms with Gasteiger partial charge in [0.05, 0.1) is 40.8 Å². The van der Waals surface area contributed by atoms with Gasteiger partial charge in [-0.05, 0) is 0 Å². The Labute approximate surface area is 230 Å². The third kappa shape index (κ3) is 31.8. The van der Waals surface area contributed by atoms with Crippen molar-refractivity contribution >= 4 is 141 Å². The molecule has 0 aromatic rings. The van der Waals surface area contributed by atoms with E-state index in [0.717, 1.165) is 0 Å². The van der Waals surface area contributed by atoms with Crippen molar-refractivity contribution in [3.8, 4) is 0 Å².